The molecule has 0 amide bonds. The van der Waals surface area contributed by atoms with Crippen LogP contribution in [0, 0.1) is 5.82 Å². The minimum absolute atomic E-state index is 0.0779. The van der Waals surface area contributed by atoms with E-state index < -0.39 is 0 Å². The maximum Gasteiger partial charge on any atom is 0.131 e. The van der Waals surface area contributed by atoms with Gasteiger partial charge in [-0.25, -0.2) is 4.39 Å². The molecule has 1 aromatic rings. The van der Waals surface area contributed by atoms with Crippen molar-refractivity contribution in [2.75, 3.05) is 20.8 Å². The lowest BCUT2D eigenvalue weighted by molar-refractivity contribution is 0.00671. The number of rotatable bonds is 7. The van der Waals surface area contributed by atoms with Crippen molar-refractivity contribution in [3.8, 4) is 5.75 Å². The van der Waals surface area contributed by atoms with Crippen LogP contribution in [0.3, 0.4) is 0 Å². The zero-order chi connectivity index (χ0) is 14.5. The highest BCUT2D eigenvalue weighted by molar-refractivity contribution is 5.31. The van der Waals surface area contributed by atoms with Gasteiger partial charge in [-0.15, -0.1) is 0 Å². The predicted octanol–water partition coefficient (Wildman–Crippen LogP) is 3.30. The van der Waals surface area contributed by atoms with Crippen LogP contribution in [-0.2, 0) is 4.74 Å². The van der Waals surface area contributed by atoms with Gasteiger partial charge < -0.3 is 14.8 Å². The van der Waals surface area contributed by atoms with E-state index in [0.29, 0.717) is 17.7 Å². The number of hydrogen-bond acceptors (Lipinski definition) is 3. The number of hydrogen-bond donors (Lipinski definition) is 1. The highest BCUT2D eigenvalue weighted by atomic mass is 19.1. The van der Waals surface area contributed by atoms with E-state index in [4.69, 9.17) is 9.47 Å². The number of ether oxygens (including phenoxy) is 2. The largest absolute Gasteiger partial charge is 0.497 e. The molecule has 0 aromatic heterocycles. The van der Waals surface area contributed by atoms with Crippen LogP contribution >= 0.6 is 0 Å². The predicted molar refractivity (Wildman–Crippen MR) is 75.1 cm³/mol. The van der Waals surface area contributed by atoms with Crippen LogP contribution in [0.5, 0.6) is 5.75 Å². The summed E-state index contributed by atoms with van der Waals surface area (Å²) in [6.45, 7) is 6.78. The summed E-state index contributed by atoms with van der Waals surface area (Å²) in [7, 11) is 3.21. The Morgan fingerprint density at radius 1 is 1.32 bits per heavy atom. The second-order valence-electron chi connectivity index (χ2n) is 5.17. The van der Waals surface area contributed by atoms with Crippen molar-refractivity contribution in [1.82, 2.24) is 5.32 Å². The summed E-state index contributed by atoms with van der Waals surface area (Å²) < 4.78 is 24.6. The molecule has 108 valence electrons. The van der Waals surface area contributed by atoms with Crippen molar-refractivity contribution in [2.45, 2.75) is 38.8 Å². The average Bonchev–Trinajstić information content (AvgIpc) is 2.38. The molecule has 0 spiro atoms. The summed E-state index contributed by atoms with van der Waals surface area (Å²) in [4.78, 5) is 0. The van der Waals surface area contributed by atoms with E-state index in [2.05, 4.69) is 5.32 Å². The van der Waals surface area contributed by atoms with Crippen LogP contribution in [0.25, 0.3) is 0 Å². The fourth-order valence-electron chi connectivity index (χ4n) is 2.03. The summed E-state index contributed by atoms with van der Waals surface area (Å²) in [5.74, 6) is 0.278. The molecule has 0 aliphatic heterocycles. The van der Waals surface area contributed by atoms with E-state index in [1.165, 1.54) is 13.2 Å². The van der Waals surface area contributed by atoms with E-state index in [1.54, 1.807) is 19.2 Å². The molecule has 1 unspecified atom stereocenters. The standard InChI is InChI=1S/C15H24FNO2/c1-6-17-14(10-15(2,3)19-5)12-8-7-11(18-4)9-13(12)16/h7-9,14,17H,6,10H2,1-5H3. The van der Waals surface area contributed by atoms with Crippen molar-refractivity contribution in [2.24, 2.45) is 0 Å². The molecule has 3 nitrogen and oxygen atoms in total. The zero-order valence-electron chi connectivity index (χ0n) is 12.4. The molecular formula is C15H24FNO2. The van der Waals surface area contributed by atoms with Gasteiger partial charge in [-0.3, -0.25) is 0 Å². The Bertz CT molecular complexity index is 407. The Labute approximate surface area is 115 Å². The third kappa shape index (κ3) is 4.48. The van der Waals surface area contributed by atoms with Crippen LogP contribution in [0.15, 0.2) is 18.2 Å². The van der Waals surface area contributed by atoms with Gasteiger partial charge in [-0.2, -0.15) is 0 Å². The summed E-state index contributed by atoms with van der Waals surface area (Å²) in [6.07, 6.45) is 0.695. The lowest BCUT2D eigenvalue weighted by Gasteiger charge is -2.29. The number of methoxy groups -OCH3 is 2. The van der Waals surface area contributed by atoms with Crippen molar-refractivity contribution in [3.63, 3.8) is 0 Å². The lowest BCUT2D eigenvalue weighted by Crippen LogP contribution is -2.32. The molecule has 19 heavy (non-hydrogen) atoms. The topological polar surface area (TPSA) is 30.5 Å². The third-order valence-electron chi connectivity index (χ3n) is 3.28. The maximum atomic E-state index is 14.1. The number of halogens is 1. The fraction of sp³-hybridized carbons (Fsp3) is 0.600. The summed E-state index contributed by atoms with van der Waals surface area (Å²) in [5.41, 5.74) is 0.340. The Balaban J connectivity index is 2.98. The molecule has 1 N–H and O–H groups in total. The van der Waals surface area contributed by atoms with Gasteiger partial charge in [0.25, 0.3) is 0 Å². The van der Waals surface area contributed by atoms with E-state index in [1.807, 2.05) is 20.8 Å². The first-order chi connectivity index (χ1) is 8.93. The van der Waals surface area contributed by atoms with Crippen molar-refractivity contribution in [3.05, 3.63) is 29.6 Å². The van der Waals surface area contributed by atoms with Gasteiger partial charge in [0.1, 0.15) is 11.6 Å². The van der Waals surface area contributed by atoms with Crippen LogP contribution in [-0.4, -0.2) is 26.4 Å². The van der Waals surface area contributed by atoms with Crippen LogP contribution in [0.4, 0.5) is 4.39 Å². The third-order valence-corrected chi connectivity index (χ3v) is 3.28. The fourth-order valence-corrected chi connectivity index (χ4v) is 2.03. The van der Waals surface area contributed by atoms with E-state index in [0.717, 1.165) is 6.54 Å². The number of benzene rings is 1. The molecule has 0 bridgehead atoms. The Kier molecular flexibility index (Phi) is 5.76. The summed E-state index contributed by atoms with van der Waals surface area (Å²) in [5, 5.41) is 3.31. The second kappa shape index (κ2) is 6.87. The van der Waals surface area contributed by atoms with Crippen LogP contribution in [0.1, 0.15) is 38.8 Å². The number of nitrogens with one attached hydrogen (secondary N) is 1. The van der Waals surface area contributed by atoms with E-state index >= 15 is 0 Å². The molecule has 1 rings (SSSR count). The molecule has 1 aromatic carbocycles. The van der Waals surface area contributed by atoms with Gasteiger partial charge in [-0.1, -0.05) is 13.0 Å². The van der Waals surface area contributed by atoms with Gasteiger partial charge in [-0.05, 0) is 32.9 Å². The van der Waals surface area contributed by atoms with Crippen LogP contribution in [0.2, 0.25) is 0 Å². The highest BCUT2D eigenvalue weighted by Gasteiger charge is 2.25. The average molecular weight is 269 g/mol. The first kappa shape index (κ1) is 15.9. The molecule has 0 saturated heterocycles. The molecule has 0 saturated carbocycles. The van der Waals surface area contributed by atoms with Gasteiger partial charge in [0, 0.05) is 24.8 Å². The van der Waals surface area contributed by atoms with Gasteiger partial charge in [0.2, 0.25) is 0 Å². The van der Waals surface area contributed by atoms with E-state index in [-0.39, 0.29) is 17.5 Å². The van der Waals surface area contributed by atoms with Crippen molar-refractivity contribution >= 4 is 0 Å². The van der Waals surface area contributed by atoms with Gasteiger partial charge >= 0.3 is 0 Å². The van der Waals surface area contributed by atoms with Gasteiger partial charge in [0.05, 0.1) is 12.7 Å². The minimum Gasteiger partial charge on any atom is -0.497 e. The first-order valence-electron chi connectivity index (χ1n) is 6.55. The first-order valence-corrected chi connectivity index (χ1v) is 6.55. The molecule has 1 atom stereocenters. The Morgan fingerprint density at radius 3 is 2.47 bits per heavy atom. The molecule has 0 fully saturated rings. The second-order valence-corrected chi connectivity index (χ2v) is 5.17. The SMILES string of the molecule is CCNC(CC(C)(C)OC)c1ccc(OC)cc1F. The quantitative estimate of drug-likeness (QED) is 0.824. The molecule has 0 aliphatic carbocycles. The molecule has 0 heterocycles. The van der Waals surface area contributed by atoms with Crippen molar-refractivity contribution < 1.29 is 13.9 Å². The smallest absolute Gasteiger partial charge is 0.131 e. The molecule has 4 heteroatoms. The lowest BCUT2D eigenvalue weighted by atomic mass is 9.93. The van der Waals surface area contributed by atoms with Gasteiger partial charge in [0.15, 0.2) is 0 Å². The monoisotopic (exact) mass is 269 g/mol. The molecule has 0 radical (unpaired) electrons. The maximum absolute atomic E-state index is 14.1. The Hall–Kier alpha value is -1.13. The van der Waals surface area contributed by atoms with Crippen LogP contribution < -0.4 is 10.1 Å². The molecular weight excluding hydrogens is 245 g/mol. The van der Waals surface area contributed by atoms with E-state index in [9.17, 15) is 4.39 Å². The van der Waals surface area contributed by atoms with Crippen molar-refractivity contribution in [1.29, 1.82) is 0 Å². The highest BCUT2D eigenvalue weighted by Crippen LogP contribution is 2.29. The summed E-state index contributed by atoms with van der Waals surface area (Å²) >= 11 is 0. The Morgan fingerprint density at radius 2 is 2.00 bits per heavy atom. The zero-order valence-corrected chi connectivity index (χ0v) is 12.4. The minimum atomic E-state index is -0.306. The normalized spacial score (nSPS) is 13.4. The summed E-state index contributed by atoms with van der Waals surface area (Å²) in [6, 6.07) is 4.89. The molecule has 0 aliphatic rings.